The number of nitrogens with zero attached hydrogens (tertiary/aromatic N) is 5. The van der Waals surface area contributed by atoms with Gasteiger partial charge in [0, 0.05) is 30.4 Å². The maximum atomic E-state index is 13.5. The minimum atomic E-state index is -0.362. The predicted molar refractivity (Wildman–Crippen MR) is 125 cm³/mol. The van der Waals surface area contributed by atoms with Gasteiger partial charge in [0.25, 0.3) is 5.95 Å². The monoisotopic (exact) mass is 457 g/mol. The van der Waals surface area contributed by atoms with Crippen molar-refractivity contribution in [1.29, 1.82) is 0 Å². The molecule has 0 aliphatic carbocycles. The summed E-state index contributed by atoms with van der Waals surface area (Å²) in [6.07, 6.45) is 4.58. The van der Waals surface area contributed by atoms with Gasteiger partial charge in [-0.05, 0) is 54.8 Å². The Labute approximate surface area is 196 Å². The molecular weight excluding hydrogens is 433 g/mol. The number of aromatic nitrogens is 4. The molecule has 1 aliphatic rings. The Hall–Kier alpha value is -4.07. The molecule has 34 heavy (non-hydrogen) atoms. The quantitative estimate of drug-likeness (QED) is 0.424. The van der Waals surface area contributed by atoms with Gasteiger partial charge in [-0.15, -0.1) is 0 Å². The second-order valence-electron chi connectivity index (χ2n) is 8.25. The van der Waals surface area contributed by atoms with E-state index in [1.165, 1.54) is 19.2 Å². The number of halogens is 1. The summed E-state index contributed by atoms with van der Waals surface area (Å²) >= 11 is 0. The maximum absolute atomic E-state index is 13.5. The van der Waals surface area contributed by atoms with Crippen LogP contribution in [0, 0.1) is 5.82 Å². The molecule has 0 saturated carbocycles. The molecule has 1 fully saturated rings. The highest BCUT2D eigenvalue weighted by Crippen LogP contribution is 2.39. The van der Waals surface area contributed by atoms with E-state index in [0.717, 1.165) is 29.7 Å². The topological polar surface area (TPSA) is 73.1 Å². The Kier molecular flexibility index (Phi) is 6.03. The molecule has 1 saturated heterocycles. The summed E-state index contributed by atoms with van der Waals surface area (Å²) in [5.74, 6) is 0.132. The lowest BCUT2D eigenvalue weighted by atomic mass is 9.87. The zero-order chi connectivity index (χ0) is 23.5. The minimum absolute atomic E-state index is 0.00966. The van der Waals surface area contributed by atoms with Gasteiger partial charge in [0.15, 0.2) is 0 Å². The van der Waals surface area contributed by atoms with E-state index in [-0.39, 0.29) is 23.9 Å². The van der Waals surface area contributed by atoms with Crippen molar-refractivity contribution in [1.82, 2.24) is 24.6 Å². The zero-order valence-corrected chi connectivity index (χ0v) is 18.7. The van der Waals surface area contributed by atoms with Crippen LogP contribution in [0.1, 0.15) is 36.1 Å². The van der Waals surface area contributed by atoms with Crippen LogP contribution in [0.4, 0.5) is 9.18 Å². The van der Waals surface area contributed by atoms with Crippen LogP contribution in [0.2, 0.25) is 0 Å². The van der Waals surface area contributed by atoms with Crippen molar-refractivity contribution in [2.75, 3.05) is 13.7 Å². The Morgan fingerprint density at radius 1 is 1.00 bits per heavy atom. The third kappa shape index (κ3) is 4.26. The van der Waals surface area contributed by atoms with Crippen LogP contribution in [0.3, 0.4) is 0 Å². The first-order valence-electron chi connectivity index (χ1n) is 11.2. The average Bonchev–Trinajstić information content (AvgIpc) is 3.35. The summed E-state index contributed by atoms with van der Waals surface area (Å²) in [5, 5.41) is 4.76. The van der Waals surface area contributed by atoms with Crippen LogP contribution >= 0.6 is 0 Å². The number of likely N-dealkylation sites (tertiary alicyclic amines) is 1. The molecule has 3 heterocycles. The van der Waals surface area contributed by atoms with Crippen molar-refractivity contribution in [3.05, 3.63) is 96.2 Å². The second kappa shape index (κ2) is 9.43. The van der Waals surface area contributed by atoms with E-state index in [9.17, 15) is 9.18 Å². The normalized spacial score (nSPS) is 18.0. The summed E-state index contributed by atoms with van der Waals surface area (Å²) in [6, 6.07) is 19.9. The van der Waals surface area contributed by atoms with Crippen molar-refractivity contribution in [3.63, 3.8) is 0 Å². The molecule has 7 nitrogen and oxygen atoms in total. The number of amides is 1. The van der Waals surface area contributed by atoms with E-state index >= 15 is 0 Å². The number of ether oxygens (including phenoxy) is 1. The highest BCUT2D eigenvalue weighted by Gasteiger charge is 2.35. The Balaban J connectivity index is 1.53. The van der Waals surface area contributed by atoms with Crippen LogP contribution < -0.4 is 0 Å². The standard InChI is InChI=1S/C26H24FN5O2/c1-34-26(33)31-17-20(10-13-23(31)19-6-3-2-4-7-19)24-16-22(18-8-11-21(27)12-9-18)30-32(24)25-28-14-5-15-29-25/h2-9,11-12,14-16,20,23H,10,13,17H2,1H3/t20-,23+/m0/s1. The predicted octanol–water partition coefficient (Wildman–Crippen LogP) is 5.16. The van der Waals surface area contributed by atoms with Gasteiger partial charge >= 0.3 is 6.09 Å². The second-order valence-corrected chi connectivity index (χ2v) is 8.25. The van der Waals surface area contributed by atoms with E-state index in [2.05, 4.69) is 9.97 Å². The fraction of sp³-hybridized carbons (Fsp3) is 0.231. The van der Waals surface area contributed by atoms with Gasteiger partial charge in [0.05, 0.1) is 24.5 Å². The van der Waals surface area contributed by atoms with Crippen LogP contribution in [0.15, 0.2) is 79.1 Å². The lowest BCUT2D eigenvalue weighted by Gasteiger charge is -2.39. The molecule has 0 radical (unpaired) electrons. The maximum Gasteiger partial charge on any atom is 0.410 e. The van der Waals surface area contributed by atoms with E-state index in [0.29, 0.717) is 18.2 Å². The van der Waals surface area contributed by atoms with E-state index in [1.54, 1.807) is 40.2 Å². The van der Waals surface area contributed by atoms with Crippen LogP contribution in [-0.4, -0.2) is 44.4 Å². The van der Waals surface area contributed by atoms with Gasteiger partial charge in [0.2, 0.25) is 0 Å². The third-order valence-electron chi connectivity index (χ3n) is 6.21. The number of piperidine rings is 1. The Bertz CT molecular complexity index is 1260. The van der Waals surface area contributed by atoms with Gasteiger partial charge in [0.1, 0.15) is 5.82 Å². The molecule has 2 aromatic heterocycles. The van der Waals surface area contributed by atoms with E-state index in [1.807, 2.05) is 36.4 Å². The molecule has 2 atom stereocenters. The molecule has 8 heteroatoms. The smallest absolute Gasteiger partial charge is 0.410 e. The molecule has 5 rings (SSSR count). The number of hydrogen-bond donors (Lipinski definition) is 0. The Morgan fingerprint density at radius 3 is 2.44 bits per heavy atom. The van der Waals surface area contributed by atoms with Crippen LogP contribution in [0.25, 0.3) is 17.2 Å². The lowest BCUT2D eigenvalue weighted by Crippen LogP contribution is -2.41. The SMILES string of the molecule is COC(=O)N1C[C@@H](c2cc(-c3ccc(F)cc3)nn2-c2ncccn2)CC[C@@H]1c1ccccc1. The number of rotatable bonds is 4. The molecule has 0 bridgehead atoms. The van der Waals surface area contributed by atoms with Crippen molar-refractivity contribution >= 4 is 6.09 Å². The lowest BCUT2D eigenvalue weighted by molar-refractivity contribution is 0.0826. The fourth-order valence-electron chi connectivity index (χ4n) is 4.56. The van der Waals surface area contributed by atoms with Crippen LogP contribution in [-0.2, 0) is 4.74 Å². The largest absolute Gasteiger partial charge is 0.453 e. The molecule has 4 aromatic rings. The van der Waals surface area contributed by atoms with Crippen LogP contribution in [0.5, 0.6) is 0 Å². The van der Waals surface area contributed by atoms with E-state index in [4.69, 9.17) is 9.84 Å². The molecule has 1 aliphatic heterocycles. The first kappa shape index (κ1) is 21.8. The van der Waals surface area contributed by atoms with Gasteiger partial charge in [-0.25, -0.2) is 23.8 Å². The molecule has 0 N–H and O–H groups in total. The molecule has 1 amide bonds. The van der Waals surface area contributed by atoms with Crippen molar-refractivity contribution in [2.45, 2.75) is 24.8 Å². The first-order valence-corrected chi connectivity index (χ1v) is 11.2. The highest BCUT2D eigenvalue weighted by atomic mass is 19.1. The van der Waals surface area contributed by atoms with Crippen molar-refractivity contribution < 1.29 is 13.9 Å². The molecule has 172 valence electrons. The van der Waals surface area contributed by atoms with Gasteiger partial charge in [-0.3, -0.25) is 0 Å². The number of hydrogen-bond acceptors (Lipinski definition) is 5. The highest BCUT2D eigenvalue weighted by molar-refractivity contribution is 5.68. The summed E-state index contributed by atoms with van der Waals surface area (Å²) in [6.45, 7) is 0.466. The number of benzene rings is 2. The summed E-state index contributed by atoms with van der Waals surface area (Å²) in [4.78, 5) is 23.3. The van der Waals surface area contributed by atoms with Crippen molar-refractivity contribution in [3.8, 4) is 17.2 Å². The number of carbonyl (C=O) groups excluding carboxylic acids is 1. The number of carbonyl (C=O) groups is 1. The first-order chi connectivity index (χ1) is 16.6. The fourth-order valence-corrected chi connectivity index (χ4v) is 4.56. The summed E-state index contributed by atoms with van der Waals surface area (Å²) in [7, 11) is 1.41. The van der Waals surface area contributed by atoms with Gasteiger partial charge in [-0.2, -0.15) is 5.10 Å². The molecule has 0 unspecified atom stereocenters. The van der Waals surface area contributed by atoms with Gasteiger partial charge in [-0.1, -0.05) is 30.3 Å². The van der Waals surface area contributed by atoms with Gasteiger partial charge < -0.3 is 9.64 Å². The molecule has 0 spiro atoms. The van der Waals surface area contributed by atoms with Crippen molar-refractivity contribution in [2.24, 2.45) is 0 Å². The molecular formula is C26H24FN5O2. The zero-order valence-electron chi connectivity index (χ0n) is 18.7. The average molecular weight is 458 g/mol. The Morgan fingerprint density at radius 2 is 1.74 bits per heavy atom. The third-order valence-corrected chi connectivity index (χ3v) is 6.21. The molecule has 2 aromatic carbocycles. The summed E-state index contributed by atoms with van der Waals surface area (Å²) in [5.41, 5.74) is 3.46. The minimum Gasteiger partial charge on any atom is -0.453 e. The number of methoxy groups -OCH3 is 1. The van der Waals surface area contributed by atoms with E-state index < -0.39 is 0 Å². The summed E-state index contributed by atoms with van der Waals surface area (Å²) < 4.78 is 20.3.